The van der Waals surface area contributed by atoms with Crippen LogP contribution >= 0.6 is 0 Å². The molecule has 0 spiro atoms. The molecule has 1 heterocycles. The molecule has 0 amide bonds. The fraction of sp³-hybridized carbons (Fsp3) is 0.523. The van der Waals surface area contributed by atoms with E-state index >= 15 is 0 Å². The molecule has 3 aromatic rings. The van der Waals surface area contributed by atoms with Gasteiger partial charge in [0.2, 0.25) is 0 Å². The highest BCUT2D eigenvalue weighted by Crippen LogP contribution is 2.54. The summed E-state index contributed by atoms with van der Waals surface area (Å²) in [5.41, 5.74) is 18.5. The topological polar surface area (TPSA) is 153 Å². The Labute approximate surface area is 314 Å². The minimum atomic E-state index is -0.827. The number of aromatic hydroxyl groups is 2. The highest BCUT2D eigenvalue weighted by molar-refractivity contribution is 5.83. The molecule has 2 bridgehead atoms. The van der Waals surface area contributed by atoms with Gasteiger partial charge in [0.1, 0.15) is 29.5 Å². The zero-order valence-electron chi connectivity index (χ0n) is 31.7. The van der Waals surface area contributed by atoms with Crippen molar-refractivity contribution in [3.63, 3.8) is 0 Å². The van der Waals surface area contributed by atoms with Crippen LogP contribution in [-0.2, 0) is 19.3 Å². The fourth-order valence-electron chi connectivity index (χ4n) is 9.51. The molecule has 0 aromatic heterocycles. The molecular formula is C44H57N3O6. The smallest absolute Gasteiger partial charge is 0.185 e. The summed E-state index contributed by atoms with van der Waals surface area (Å²) in [7, 11) is 1.70. The molecular weight excluding hydrogens is 666 g/mol. The van der Waals surface area contributed by atoms with Crippen molar-refractivity contribution in [3.05, 3.63) is 76.4 Å². The summed E-state index contributed by atoms with van der Waals surface area (Å²) in [6, 6.07) is 11.4. The second kappa shape index (κ2) is 15.5. The average Bonchev–Trinajstić information content (AvgIpc) is 3.12. The summed E-state index contributed by atoms with van der Waals surface area (Å²) >= 11 is 0. The summed E-state index contributed by atoms with van der Waals surface area (Å²) in [6.45, 7) is 7.05. The molecule has 284 valence electrons. The number of unbranched alkanes of at least 4 members (excludes halogenated alkanes) is 2. The zero-order valence-corrected chi connectivity index (χ0v) is 31.7. The molecule has 7 atom stereocenters. The maximum absolute atomic E-state index is 11.9. The number of nitrogens with two attached hydrogens (primary N) is 2. The summed E-state index contributed by atoms with van der Waals surface area (Å²) < 4.78 is 19.6. The normalized spacial score (nSPS) is 25.5. The van der Waals surface area contributed by atoms with E-state index in [1.807, 2.05) is 24.3 Å². The van der Waals surface area contributed by atoms with Crippen LogP contribution in [0.4, 0.5) is 0 Å². The van der Waals surface area contributed by atoms with Crippen molar-refractivity contribution in [2.24, 2.45) is 40.1 Å². The first-order valence-electron chi connectivity index (χ1n) is 19.7. The van der Waals surface area contributed by atoms with Gasteiger partial charge in [-0.2, -0.15) is 0 Å². The molecule has 3 aliphatic carbocycles. The first kappa shape index (κ1) is 37.0. The van der Waals surface area contributed by atoms with E-state index in [0.29, 0.717) is 36.1 Å². The van der Waals surface area contributed by atoms with Crippen LogP contribution in [0.5, 0.6) is 28.7 Å². The fourth-order valence-corrected chi connectivity index (χ4v) is 9.51. The standard InChI is InChI=1S/C44H57N3O6/c1-5-6-7-9-26-17-29-19-35(49)30(16-24(2)3)18-32(29)41-39(51-4)22-37-33(40(26)41)21-36(50)43(52-37)27-14-15-34(48)38(20-27)53-42-25-10-8-11-31(42)28(13-12-25)23-47-44(45)46/h12-15,18-20,22,24-26,28,31,36,42-43,48-50H,5-11,16-17,21,23H2,1-4H3,(H4,45,46,47)/t25-,26-,28+,31-,36-,42+,43+/m1/s1. The SMILES string of the molecule is CCCCC[C@@H]1Cc2cc(O)c(CC(C)C)cc2-c2c(OC)cc3c(c21)C[C@@H](O)[C@H](c1ccc(O)c(O[C@@H]2[C@@H]4CCC[C@@H]2C=C[C@H]4CN=C(N)N)c1)O3. The highest BCUT2D eigenvalue weighted by atomic mass is 16.5. The number of ether oxygens (including phenoxy) is 3. The number of benzene rings is 3. The van der Waals surface area contributed by atoms with Crippen LogP contribution in [0.25, 0.3) is 11.1 Å². The Morgan fingerprint density at radius 2 is 1.83 bits per heavy atom. The number of methoxy groups -OCH3 is 1. The predicted octanol–water partition coefficient (Wildman–Crippen LogP) is 7.85. The van der Waals surface area contributed by atoms with Crippen molar-refractivity contribution in [2.75, 3.05) is 13.7 Å². The summed E-state index contributed by atoms with van der Waals surface area (Å²) in [5, 5.41) is 34.0. The number of hydrogen-bond donors (Lipinski definition) is 5. The monoisotopic (exact) mass is 723 g/mol. The summed E-state index contributed by atoms with van der Waals surface area (Å²) in [4.78, 5) is 4.30. The Bertz CT molecular complexity index is 1870. The lowest BCUT2D eigenvalue weighted by atomic mass is 9.68. The van der Waals surface area contributed by atoms with Gasteiger partial charge in [0.15, 0.2) is 17.5 Å². The Hall–Kier alpha value is -4.37. The molecule has 9 nitrogen and oxygen atoms in total. The number of aliphatic hydroxyl groups is 1. The molecule has 0 radical (unpaired) electrons. The lowest BCUT2D eigenvalue weighted by Gasteiger charge is -2.43. The third-order valence-electron chi connectivity index (χ3n) is 12.0. The van der Waals surface area contributed by atoms with E-state index in [4.69, 9.17) is 25.7 Å². The predicted molar refractivity (Wildman–Crippen MR) is 209 cm³/mol. The van der Waals surface area contributed by atoms with Crippen LogP contribution in [-0.4, -0.2) is 47.1 Å². The second-order valence-electron chi connectivity index (χ2n) is 16.2. The molecule has 3 aromatic carbocycles. The lowest BCUT2D eigenvalue weighted by Crippen LogP contribution is -2.44. The number of aliphatic hydroxyl groups excluding tert-OH is 1. The van der Waals surface area contributed by atoms with E-state index in [0.717, 1.165) is 96.9 Å². The Morgan fingerprint density at radius 3 is 2.58 bits per heavy atom. The molecule has 53 heavy (non-hydrogen) atoms. The third kappa shape index (κ3) is 7.42. The van der Waals surface area contributed by atoms with Crippen LogP contribution in [0.2, 0.25) is 0 Å². The van der Waals surface area contributed by atoms with Gasteiger partial charge in [-0.1, -0.05) is 64.7 Å². The van der Waals surface area contributed by atoms with Crippen LogP contribution in [0, 0.1) is 23.7 Å². The van der Waals surface area contributed by atoms with Crippen LogP contribution in [0.3, 0.4) is 0 Å². The minimum absolute atomic E-state index is 0.0556. The summed E-state index contributed by atoms with van der Waals surface area (Å²) in [6.07, 6.45) is 12.3. The number of rotatable bonds is 12. The number of aliphatic imine (C=N–C) groups is 1. The van der Waals surface area contributed by atoms with Gasteiger partial charge in [-0.25, -0.2) is 0 Å². The minimum Gasteiger partial charge on any atom is -0.508 e. The number of nitrogens with zero attached hydrogens (tertiary/aromatic N) is 1. The van der Waals surface area contributed by atoms with E-state index in [9.17, 15) is 15.3 Å². The van der Waals surface area contributed by atoms with E-state index in [-0.39, 0.29) is 41.5 Å². The van der Waals surface area contributed by atoms with Gasteiger partial charge in [-0.3, -0.25) is 4.99 Å². The van der Waals surface area contributed by atoms with Crippen molar-refractivity contribution in [1.82, 2.24) is 0 Å². The zero-order chi connectivity index (χ0) is 37.4. The van der Waals surface area contributed by atoms with Gasteiger partial charge < -0.3 is 41.0 Å². The van der Waals surface area contributed by atoms with Gasteiger partial charge in [0.25, 0.3) is 0 Å². The molecule has 0 saturated heterocycles. The van der Waals surface area contributed by atoms with Crippen molar-refractivity contribution < 1.29 is 29.5 Å². The van der Waals surface area contributed by atoms with Crippen molar-refractivity contribution in [1.29, 1.82) is 0 Å². The van der Waals surface area contributed by atoms with Gasteiger partial charge in [-0.05, 0) is 96.0 Å². The molecule has 7 N–H and O–H groups in total. The molecule has 1 aliphatic heterocycles. The number of phenols is 2. The van der Waals surface area contributed by atoms with Gasteiger partial charge in [0, 0.05) is 47.9 Å². The van der Waals surface area contributed by atoms with Crippen LogP contribution in [0.15, 0.2) is 53.5 Å². The highest BCUT2D eigenvalue weighted by Gasteiger charge is 2.42. The van der Waals surface area contributed by atoms with Crippen molar-refractivity contribution in [3.8, 4) is 39.9 Å². The first-order chi connectivity index (χ1) is 25.6. The maximum atomic E-state index is 11.9. The Balaban J connectivity index is 1.23. The number of hydrogen-bond acceptors (Lipinski definition) is 7. The van der Waals surface area contributed by atoms with E-state index in [2.05, 4.69) is 44.0 Å². The van der Waals surface area contributed by atoms with Crippen molar-refractivity contribution in [2.45, 2.75) is 109 Å². The molecule has 4 aliphatic rings. The molecule has 7 rings (SSSR count). The average molecular weight is 724 g/mol. The Morgan fingerprint density at radius 1 is 1.00 bits per heavy atom. The maximum Gasteiger partial charge on any atom is 0.185 e. The van der Waals surface area contributed by atoms with E-state index in [1.165, 1.54) is 5.56 Å². The molecule has 9 heteroatoms. The van der Waals surface area contributed by atoms with Crippen LogP contribution < -0.4 is 25.7 Å². The lowest BCUT2D eigenvalue weighted by molar-refractivity contribution is 0.0181. The van der Waals surface area contributed by atoms with E-state index < -0.39 is 12.2 Å². The largest absolute Gasteiger partial charge is 0.508 e. The molecule has 0 unspecified atom stereocenters. The Kier molecular flexibility index (Phi) is 10.8. The van der Waals surface area contributed by atoms with Gasteiger partial charge >= 0.3 is 0 Å². The second-order valence-corrected chi connectivity index (χ2v) is 16.2. The summed E-state index contributed by atoms with van der Waals surface area (Å²) in [5.74, 6) is 3.52. The third-order valence-corrected chi connectivity index (χ3v) is 12.0. The number of phenolic OH excluding ortho intramolecular Hbond substituents is 2. The number of guanidine groups is 1. The first-order valence-corrected chi connectivity index (χ1v) is 19.7. The van der Waals surface area contributed by atoms with E-state index in [1.54, 1.807) is 13.2 Å². The van der Waals surface area contributed by atoms with Crippen molar-refractivity contribution >= 4 is 5.96 Å². The molecule has 1 fully saturated rings. The quantitative estimate of drug-likeness (QED) is 0.0548. The van der Waals surface area contributed by atoms with Gasteiger partial charge in [-0.15, -0.1) is 0 Å². The number of fused-ring (bicyclic) bond motifs is 7. The van der Waals surface area contributed by atoms with Gasteiger partial charge in [0.05, 0.1) is 13.2 Å². The molecule has 1 saturated carbocycles. The van der Waals surface area contributed by atoms with Crippen LogP contribution in [0.1, 0.15) is 106 Å².